The number of carbonyl (C=O) groups is 2. The van der Waals surface area contributed by atoms with Crippen LogP contribution in [0.2, 0.25) is 5.02 Å². The van der Waals surface area contributed by atoms with E-state index in [1.165, 1.54) is 23.1 Å². The Kier molecular flexibility index (Phi) is 3.90. The van der Waals surface area contributed by atoms with E-state index in [0.29, 0.717) is 13.0 Å². The van der Waals surface area contributed by atoms with Gasteiger partial charge in [-0.1, -0.05) is 11.6 Å². The van der Waals surface area contributed by atoms with E-state index < -0.39 is 17.4 Å². The van der Waals surface area contributed by atoms with Crippen molar-refractivity contribution in [2.75, 3.05) is 6.54 Å². The second-order valence-corrected chi connectivity index (χ2v) is 5.56. The van der Waals surface area contributed by atoms with Gasteiger partial charge in [0.1, 0.15) is 11.3 Å². The topological polar surface area (TPSA) is 77.8 Å². The number of aliphatic carboxylic acids is 1. The number of carboxylic acids is 1. The molecule has 0 bridgehead atoms. The predicted molar refractivity (Wildman–Crippen MR) is 74.0 cm³/mol. The van der Waals surface area contributed by atoms with Crippen LogP contribution in [0.25, 0.3) is 0 Å². The van der Waals surface area contributed by atoms with Gasteiger partial charge in [0.05, 0.1) is 10.6 Å². The average Bonchev–Trinajstić information content (AvgIpc) is 2.41. The molecule has 1 aliphatic rings. The fourth-order valence-corrected chi connectivity index (χ4v) is 2.69. The summed E-state index contributed by atoms with van der Waals surface area (Å²) < 4.78 is 0. The van der Waals surface area contributed by atoms with Gasteiger partial charge in [0.15, 0.2) is 0 Å². The Morgan fingerprint density at radius 1 is 1.35 bits per heavy atom. The lowest BCUT2D eigenvalue weighted by Crippen LogP contribution is -2.57. The first-order chi connectivity index (χ1) is 9.36. The number of rotatable bonds is 2. The number of piperidine rings is 1. The Hall–Kier alpha value is -1.75. The molecule has 0 saturated carbocycles. The predicted octanol–water partition coefficient (Wildman–Crippen LogP) is 2.52. The van der Waals surface area contributed by atoms with Crippen molar-refractivity contribution < 1.29 is 19.8 Å². The van der Waals surface area contributed by atoms with E-state index >= 15 is 0 Å². The van der Waals surface area contributed by atoms with Crippen LogP contribution in [0.15, 0.2) is 18.2 Å². The quantitative estimate of drug-likeness (QED) is 0.879. The first-order valence-electron chi connectivity index (χ1n) is 6.40. The van der Waals surface area contributed by atoms with Crippen molar-refractivity contribution in [1.82, 2.24) is 4.90 Å². The number of phenols is 1. The highest BCUT2D eigenvalue weighted by Crippen LogP contribution is 2.32. The largest absolute Gasteiger partial charge is 0.508 e. The van der Waals surface area contributed by atoms with E-state index in [9.17, 15) is 19.8 Å². The number of halogens is 1. The van der Waals surface area contributed by atoms with Crippen molar-refractivity contribution in [2.24, 2.45) is 0 Å². The molecule has 0 aliphatic carbocycles. The monoisotopic (exact) mass is 297 g/mol. The van der Waals surface area contributed by atoms with Gasteiger partial charge >= 0.3 is 5.97 Å². The van der Waals surface area contributed by atoms with Gasteiger partial charge < -0.3 is 15.1 Å². The summed E-state index contributed by atoms with van der Waals surface area (Å²) in [6, 6.07) is 4.07. The lowest BCUT2D eigenvalue weighted by molar-refractivity contribution is -0.150. The van der Waals surface area contributed by atoms with Crippen molar-refractivity contribution in [2.45, 2.75) is 31.7 Å². The van der Waals surface area contributed by atoms with Crippen molar-refractivity contribution in [3.8, 4) is 5.75 Å². The molecule has 1 unspecified atom stereocenters. The number of amides is 1. The van der Waals surface area contributed by atoms with E-state index in [0.717, 1.165) is 12.8 Å². The maximum absolute atomic E-state index is 12.6. The molecular formula is C14H16ClNO4. The summed E-state index contributed by atoms with van der Waals surface area (Å²) in [7, 11) is 0. The normalized spacial score (nSPS) is 22.6. The van der Waals surface area contributed by atoms with Gasteiger partial charge in [-0.05, 0) is 44.4 Å². The first-order valence-corrected chi connectivity index (χ1v) is 6.78. The van der Waals surface area contributed by atoms with Crippen LogP contribution in [-0.4, -0.2) is 39.1 Å². The summed E-state index contributed by atoms with van der Waals surface area (Å²) in [6.07, 6.45) is 1.93. The lowest BCUT2D eigenvalue weighted by atomic mass is 9.88. The summed E-state index contributed by atoms with van der Waals surface area (Å²) in [5, 5.41) is 19.1. The highest BCUT2D eigenvalue weighted by molar-refractivity contribution is 6.34. The number of carboxylic acid groups (broad SMARTS) is 1. The standard InChI is InChI=1S/C14H16ClNO4/c1-14(13(19)20)6-2-3-7-16(14)12(18)10-8-9(17)4-5-11(10)15/h4-5,8,17H,2-3,6-7H2,1H3,(H,19,20). The molecule has 6 heteroatoms. The molecule has 0 spiro atoms. The van der Waals surface area contributed by atoms with Crippen LogP contribution in [0.5, 0.6) is 5.75 Å². The zero-order valence-corrected chi connectivity index (χ0v) is 11.9. The summed E-state index contributed by atoms with van der Waals surface area (Å²) in [6.45, 7) is 1.91. The Bertz CT molecular complexity index is 560. The second-order valence-electron chi connectivity index (χ2n) is 5.16. The zero-order chi connectivity index (χ0) is 14.9. The molecule has 1 amide bonds. The Morgan fingerprint density at radius 3 is 2.70 bits per heavy atom. The second kappa shape index (κ2) is 5.32. The van der Waals surface area contributed by atoms with Gasteiger partial charge in [0.2, 0.25) is 0 Å². The van der Waals surface area contributed by atoms with E-state index in [-0.39, 0.29) is 16.3 Å². The van der Waals surface area contributed by atoms with Gasteiger partial charge in [-0.15, -0.1) is 0 Å². The number of nitrogens with zero attached hydrogens (tertiary/aromatic N) is 1. The third kappa shape index (κ3) is 2.45. The molecule has 5 nitrogen and oxygen atoms in total. The smallest absolute Gasteiger partial charge is 0.329 e. The van der Waals surface area contributed by atoms with Crippen LogP contribution in [-0.2, 0) is 4.79 Å². The molecule has 1 aromatic rings. The highest BCUT2D eigenvalue weighted by atomic mass is 35.5. The SMILES string of the molecule is CC1(C(=O)O)CCCCN1C(=O)c1cc(O)ccc1Cl. The molecule has 20 heavy (non-hydrogen) atoms. The minimum absolute atomic E-state index is 0.0770. The van der Waals surface area contributed by atoms with Crippen molar-refractivity contribution in [1.29, 1.82) is 0 Å². The van der Waals surface area contributed by atoms with Crippen LogP contribution in [0.4, 0.5) is 0 Å². The van der Waals surface area contributed by atoms with Crippen LogP contribution in [0.1, 0.15) is 36.5 Å². The Labute approximate surface area is 121 Å². The summed E-state index contributed by atoms with van der Waals surface area (Å²) in [4.78, 5) is 25.4. The van der Waals surface area contributed by atoms with E-state index in [4.69, 9.17) is 11.6 Å². The average molecular weight is 298 g/mol. The molecule has 1 atom stereocenters. The summed E-state index contributed by atoms with van der Waals surface area (Å²) in [5.74, 6) is -1.57. The fraction of sp³-hybridized carbons (Fsp3) is 0.429. The van der Waals surface area contributed by atoms with E-state index in [1.807, 2.05) is 0 Å². The number of hydrogen-bond donors (Lipinski definition) is 2. The number of likely N-dealkylation sites (tertiary alicyclic amines) is 1. The Morgan fingerprint density at radius 2 is 2.05 bits per heavy atom. The third-order valence-corrected chi connectivity index (χ3v) is 4.11. The Balaban J connectivity index is 2.40. The van der Waals surface area contributed by atoms with Crippen molar-refractivity contribution in [3.05, 3.63) is 28.8 Å². The van der Waals surface area contributed by atoms with Gasteiger partial charge in [0, 0.05) is 6.54 Å². The zero-order valence-electron chi connectivity index (χ0n) is 11.1. The molecule has 0 radical (unpaired) electrons. The molecule has 1 heterocycles. The van der Waals surface area contributed by atoms with Gasteiger partial charge in [-0.3, -0.25) is 4.79 Å². The number of benzene rings is 1. The number of hydrogen-bond acceptors (Lipinski definition) is 3. The molecule has 2 N–H and O–H groups in total. The molecule has 1 aliphatic heterocycles. The van der Waals surface area contributed by atoms with Gasteiger partial charge in [-0.25, -0.2) is 4.79 Å². The number of phenolic OH excluding ortho intramolecular Hbond substituents is 1. The lowest BCUT2D eigenvalue weighted by Gasteiger charge is -2.41. The molecule has 1 fully saturated rings. The number of carbonyl (C=O) groups excluding carboxylic acids is 1. The highest BCUT2D eigenvalue weighted by Gasteiger charge is 2.44. The van der Waals surface area contributed by atoms with Gasteiger partial charge in [0.25, 0.3) is 5.91 Å². The van der Waals surface area contributed by atoms with Crippen LogP contribution in [0, 0.1) is 0 Å². The minimum Gasteiger partial charge on any atom is -0.508 e. The maximum atomic E-state index is 12.6. The number of aromatic hydroxyl groups is 1. The van der Waals surface area contributed by atoms with Crippen molar-refractivity contribution >= 4 is 23.5 Å². The van der Waals surface area contributed by atoms with Crippen LogP contribution >= 0.6 is 11.6 Å². The van der Waals surface area contributed by atoms with E-state index in [1.54, 1.807) is 6.92 Å². The van der Waals surface area contributed by atoms with Crippen molar-refractivity contribution in [3.63, 3.8) is 0 Å². The third-order valence-electron chi connectivity index (χ3n) is 3.78. The molecule has 1 saturated heterocycles. The summed E-state index contributed by atoms with van der Waals surface area (Å²) in [5.41, 5.74) is -1.11. The van der Waals surface area contributed by atoms with Crippen LogP contribution in [0.3, 0.4) is 0 Å². The van der Waals surface area contributed by atoms with Gasteiger partial charge in [-0.2, -0.15) is 0 Å². The maximum Gasteiger partial charge on any atom is 0.329 e. The molecule has 1 aromatic carbocycles. The van der Waals surface area contributed by atoms with E-state index in [2.05, 4.69) is 0 Å². The summed E-state index contributed by atoms with van der Waals surface area (Å²) >= 11 is 5.98. The minimum atomic E-state index is -1.23. The molecule has 108 valence electrons. The molecular weight excluding hydrogens is 282 g/mol. The molecule has 0 aromatic heterocycles. The first kappa shape index (κ1) is 14.7. The fourth-order valence-electron chi connectivity index (χ4n) is 2.49. The molecule has 2 rings (SSSR count). The van der Waals surface area contributed by atoms with Crippen LogP contribution < -0.4 is 0 Å².